The highest BCUT2D eigenvalue weighted by Crippen LogP contribution is 2.30. The number of alkyl halides is 3. The molecule has 2 rings (SSSR count). The molecule has 0 spiro atoms. The Hall–Kier alpha value is -2.38. The van der Waals surface area contributed by atoms with Crippen molar-refractivity contribution in [3.05, 3.63) is 54.7 Å². The maximum absolute atomic E-state index is 12.4. The number of hydrogen-bond acceptors (Lipinski definition) is 3. The number of aromatic amines is 2. The van der Waals surface area contributed by atoms with E-state index < -0.39 is 28.3 Å². The van der Waals surface area contributed by atoms with E-state index in [0.29, 0.717) is 6.07 Å². The summed E-state index contributed by atoms with van der Waals surface area (Å²) >= 11 is 0. The van der Waals surface area contributed by atoms with Crippen molar-refractivity contribution in [1.82, 2.24) is 9.97 Å². The van der Waals surface area contributed by atoms with Crippen molar-refractivity contribution in [2.24, 2.45) is 0 Å². The molecule has 0 amide bonds. The predicted molar refractivity (Wildman–Crippen MR) is 56.5 cm³/mol. The fourth-order valence-electron chi connectivity index (χ4n) is 1.39. The van der Waals surface area contributed by atoms with E-state index in [2.05, 4.69) is 0 Å². The fourth-order valence-corrected chi connectivity index (χ4v) is 1.39. The molecule has 1 aromatic heterocycles. The molecule has 94 valence electrons. The van der Waals surface area contributed by atoms with Gasteiger partial charge in [-0.05, 0) is 18.2 Å². The molecule has 0 saturated carbocycles. The van der Waals surface area contributed by atoms with Crippen LogP contribution >= 0.6 is 0 Å². The van der Waals surface area contributed by atoms with E-state index in [0.717, 1.165) is 12.1 Å². The third-order valence-corrected chi connectivity index (χ3v) is 2.26. The monoisotopic (exact) mass is 258 g/mol. The van der Waals surface area contributed by atoms with Gasteiger partial charge in [-0.3, -0.25) is 14.4 Å². The molecular formula is C10H5F3N2O3. The quantitative estimate of drug-likeness (QED) is 0.678. The van der Waals surface area contributed by atoms with E-state index in [1.807, 2.05) is 9.97 Å². The largest absolute Gasteiger partial charge is 0.416 e. The number of benzene rings is 1. The van der Waals surface area contributed by atoms with Crippen molar-refractivity contribution in [2.75, 3.05) is 0 Å². The zero-order chi connectivity index (χ0) is 13.5. The Morgan fingerprint density at radius 3 is 2.00 bits per heavy atom. The smallest absolute Gasteiger partial charge is 0.317 e. The van der Waals surface area contributed by atoms with Gasteiger partial charge in [-0.25, -0.2) is 0 Å². The van der Waals surface area contributed by atoms with E-state index in [1.165, 1.54) is 0 Å². The lowest BCUT2D eigenvalue weighted by molar-refractivity contribution is -0.137. The summed E-state index contributed by atoms with van der Waals surface area (Å²) in [4.78, 5) is 37.3. The van der Waals surface area contributed by atoms with E-state index in [9.17, 15) is 27.6 Å². The van der Waals surface area contributed by atoms with Gasteiger partial charge in [0.05, 0.1) is 16.6 Å². The molecule has 1 heterocycles. The van der Waals surface area contributed by atoms with Crippen LogP contribution in [0.3, 0.4) is 0 Å². The Morgan fingerprint density at radius 2 is 1.44 bits per heavy atom. The van der Waals surface area contributed by atoms with Crippen molar-refractivity contribution in [3.63, 3.8) is 0 Å². The zero-order valence-corrected chi connectivity index (χ0v) is 8.59. The minimum absolute atomic E-state index is 0.0628. The molecule has 0 saturated heterocycles. The summed E-state index contributed by atoms with van der Waals surface area (Å²) in [7, 11) is 0. The van der Waals surface area contributed by atoms with Gasteiger partial charge in [0.1, 0.15) is 0 Å². The van der Waals surface area contributed by atoms with Crippen LogP contribution < -0.4 is 16.5 Å². The van der Waals surface area contributed by atoms with Gasteiger partial charge < -0.3 is 9.97 Å². The van der Waals surface area contributed by atoms with E-state index >= 15 is 0 Å². The highest BCUT2D eigenvalue weighted by Gasteiger charge is 2.30. The summed E-state index contributed by atoms with van der Waals surface area (Å²) in [6.07, 6.45) is -4.58. The lowest BCUT2D eigenvalue weighted by Gasteiger charge is -2.05. The van der Waals surface area contributed by atoms with Gasteiger partial charge in [-0.15, -0.1) is 0 Å². The lowest BCUT2D eigenvalue weighted by Crippen LogP contribution is -2.36. The number of H-pyrrole nitrogens is 2. The second-order valence-electron chi connectivity index (χ2n) is 3.50. The molecule has 0 aliphatic rings. The molecule has 0 atom stereocenters. The number of fused-ring (bicyclic) bond motifs is 1. The van der Waals surface area contributed by atoms with Crippen LogP contribution in [0.4, 0.5) is 13.2 Å². The van der Waals surface area contributed by atoms with Gasteiger partial charge in [-0.1, -0.05) is 0 Å². The second-order valence-corrected chi connectivity index (χ2v) is 3.50. The summed E-state index contributed by atoms with van der Waals surface area (Å²) in [6.45, 7) is 0. The van der Waals surface area contributed by atoms with E-state index in [-0.39, 0.29) is 11.0 Å². The normalized spacial score (nSPS) is 11.7. The van der Waals surface area contributed by atoms with Crippen LogP contribution in [-0.4, -0.2) is 9.97 Å². The minimum atomic E-state index is -4.58. The van der Waals surface area contributed by atoms with Crippen LogP contribution in [0.1, 0.15) is 5.56 Å². The molecule has 0 aliphatic carbocycles. The summed E-state index contributed by atoms with van der Waals surface area (Å²) < 4.78 is 37.3. The molecule has 8 heteroatoms. The maximum atomic E-state index is 12.4. The van der Waals surface area contributed by atoms with E-state index in [1.54, 1.807) is 0 Å². The first-order valence-corrected chi connectivity index (χ1v) is 4.67. The molecule has 5 nitrogen and oxygen atoms in total. The van der Waals surface area contributed by atoms with Crippen molar-refractivity contribution in [2.45, 2.75) is 6.18 Å². The molecule has 2 N–H and O–H groups in total. The summed E-state index contributed by atoms with van der Waals surface area (Å²) in [5.74, 6) is 0. The van der Waals surface area contributed by atoms with Crippen molar-refractivity contribution >= 4 is 11.0 Å². The van der Waals surface area contributed by atoms with Gasteiger partial charge >= 0.3 is 22.7 Å². The first-order valence-electron chi connectivity index (χ1n) is 4.67. The Labute approximate surface area is 95.9 Å². The van der Waals surface area contributed by atoms with Crippen molar-refractivity contribution < 1.29 is 13.2 Å². The van der Waals surface area contributed by atoms with Crippen LogP contribution in [0.15, 0.2) is 32.6 Å². The van der Waals surface area contributed by atoms with Crippen LogP contribution in [0.5, 0.6) is 0 Å². The van der Waals surface area contributed by atoms with Crippen LogP contribution in [0.2, 0.25) is 0 Å². The van der Waals surface area contributed by atoms with Crippen molar-refractivity contribution in [3.8, 4) is 0 Å². The molecule has 0 aliphatic heterocycles. The Bertz CT molecular complexity index is 789. The molecule has 1 aromatic carbocycles. The summed E-state index contributed by atoms with van der Waals surface area (Å²) in [5, 5.41) is 0. The average molecular weight is 258 g/mol. The zero-order valence-electron chi connectivity index (χ0n) is 8.59. The summed E-state index contributed by atoms with van der Waals surface area (Å²) in [5.41, 5.74) is -5.15. The van der Waals surface area contributed by atoms with E-state index in [4.69, 9.17) is 0 Å². The number of hydrogen-bond donors (Lipinski definition) is 2. The second kappa shape index (κ2) is 3.83. The molecule has 2 aromatic rings. The average Bonchev–Trinajstić information content (AvgIpc) is 2.37. The highest BCUT2D eigenvalue weighted by atomic mass is 19.4. The maximum Gasteiger partial charge on any atom is 0.416 e. The topological polar surface area (TPSA) is 82.8 Å². The number of aromatic nitrogens is 2. The van der Waals surface area contributed by atoms with Crippen LogP contribution in [-0.2, 0) is 6.18 Å². The number of nitrogens with one attached hydrogen (secondary N) is 2. The third-order valence-electron chi connectivity index (χ3n) is 2.26. The Kier molecular flexibility index (Phi) is 2.57. The first-order chi connectivity index (χ1) is 8.29. The standard InChI is InChI=1S/C10H5F3N2O3/c11-10(12,13)4-1-2-5-6(3-4)15-9(18)7(16)8(17)14-5/h1-3H,(H2,14,15,16,17,18). The minimum Gasteiger partial charge on any atom is -0.317 e. The predicted octanol–water partition coefficient (Wildman–Crippen LogP) is 0.595. The van der Waals surface area contributed by atoms with Crippen LogP contribution in [0, 0.1) is 0 Å². The van der Waals surface area contributed by atoms with Gasteiger partial charge in [-0.2, -0.15) is 13.2 Å². The fraction of sp³-hybridized carbons (Fsp3) is 0.100. The van der Waals surface area contributed by atoms with Gasteiger partial charge in [0, 0.05) is 0 Å². The molecule has 0 fully saturated rings. The van der Waals surface area contributed by atoms with Gasteiger partial charge in [0.25, 0.3) is 0 Å². The SMILES string of the molecule is O=c1[nH]c2ccc(C(F)(F)F)cc2[nH]c(=O)c1=O. The highest BCUT2D eigenvalue weighted by molar-refractivity contribution is 5.74. The molecule has 0 bridgehead atoms. The third kappa shape index (κ3) is 2.04. The first kappa shape index (κ1) is 12.1. The summed E-state index contributed by atoms with van der Waals surface area (Å²) in [6, 6.07) is 2.35. The number of rotatable bonds is 0. The van der Waals surface area contributed by atoms with Crippen molar-refractivity contribution in [1.29, 1.82) is 0 Å². The Morgan fingerprint density at radius 1 is 0.889 bits per heavy atom. The molecular weight excluding hydrogens is 253 g/mol. The Balaban J connectivity index is 2.93. The molecule has 18 heavy (non-hydrogen) atoms. The molecule has 0 radical (unpaired) electrons. The van der Waals surface area contributed by atoms with Crippen LogP contribution in [0.25, 0.3) is 11.0 Å². The van der Waals surface area contributed by atoms with Gasteiger partial charge in [0.15, 0.2) is 0 Å². The van der Waals surface area contributed by atoms with Gasteiger partial charge in [0.2, 0.25) is 0 Å². The number of halogens is 3. The molecule has 0 unspecified atom stereocenters. The lowest BCUT2D eigenvalue weighted by atomic mass is 10.2.